The molecule has 0 aromatic heterocycles. The number of aliphatic hydroxyl groups is 1. The van der Waals surface area contributed by atoms with Gasteiger partial charge in [0.1, 0.15) is 0 Å². The first-order valence-electron chi connectivity index (χ1n) is 4.67. The largest absolute Gasteiger partial charge is 0.392 e. The molecular weight excluding hydrogens is 148 g/mol. The Balaban J connectivity index is 2.51. The minimum Gasteiger partial charge on any atom is -0.392 e. The van der Waals surface area contributed by atoms with E-state index in [1.807, 2.05) is 6.08 Å². The topological polar surface area (TPSA) is 20.2 Å². The lowest BCUT2D eigenvalue weighted by molar-refractivity contribution is 0.340. The number of allylic oxidation sites excluding steroid dienone is 3. The van der Waals surface area contributed by atoms with Crippen LogP contribution in [0.2, 0.25) is 0 Å². The maximum atomic E-state index is 8.73. The number of hydrogen-bond acceptors (Lipinski definition) is 1. The molecule has 0 aromatic carbocycles. The lowest BCUT2D eigenvalue weighted by atomic mass is 9.85. The van der Waals surface area contributed by atoms with E-state index in [2.05, 4.69) is 19.9 Å². The fourth-order valence-electron chi connectivity index (χ4n) is 1.69. The molecule has 68 valence electrons. The molecule has 0 unspecified atom stereocenters. The summed E-state index contributed by atoms with van der Waals surface area (Å²) >= 11 is 0. The van der Waals surface area contributed by atoms with Gasteiger partial charge in [-0.15, -0.1) is 0 Å². The molecule has 0 saturated heterocycles. The van der Waals surface area contributed by atoms with Crippen LogP contribution in [-0.2, 0) is 0 Å². The first-order valence-corrected chi connectivity index (χ1v) is 4.67. The second-order valence-electron chi connectivity index (χ2n) is 3.65. The molecular formula is C11H18O. The molecule has 1 aliphatic carbocycles. The highest BCUT2D eigenvalue weighted by Gasteiger charge is 2.13. The molecule has 1 rings (SSSR count). The quantitative estimate of drug-likeness (QED) is 0.625. The van der Waals surface area contributed by atoms with E-state index in [0.717, 1.165) is 6.42 Å². The van der Waals surface area contributed by atoms with E-state index in [1.165, 1.54) is 24.0 Å². The van der Waals surface area contributed by atoms with Gasteiger partial charge < -0.3 is 5.11 Å². The van der Waals surface area contributed by atoms with Crippen LogP contribution in [0.25, 0.3) is 0 Å². The van der Waals surface area contributed by atoms with Gasteiger partial charge in [-0.05, 0) is 39.0 Å². The third kappa shape index (κ3) is 2.49. The zero-order valence-electron chi connectivity index (χ0n) is 8.01. The molecule has 0 aliphatic heterocycles. The van der Waals surface area contributed by atoms with E-state index in [4.69, 9.17) is 5.11 Å². The van der Waals surface area contributed by atoms with E-state index >= 15 is 0 Å². The van der Waals surface area contributed by atoms with Crippen LogP contribution >= 0.6 is 0 Å². The highest BCUT2D eigenvalue weighted by Crippen LogP contribution is 2.28. The Labute approximate surface area is 74.8 Å². The van der Waals surface area contributed by atoms with Gasteiger partial charge in [0.15, 0.2) is 0 Å². The van der Waals surface area contributed by atoms with Gasteiger partial charge in [0, 0.05) is 0 Å². The van der Waals surface area contributed by atoms with Gasteiger partial charge in [-0.2, -0.15) is 0 Å². The number of aliphatic hydroxyl groups excluding tert-OH is 1. The van der Waals surface area contributed by atoms with Crippen LogP contribution in [-0.4, -0.2) is 11.7 Å². The Morgan fingerprint density at radius 3 is 3.00 bits per heavy atom. The van der Waals surface area contributed by atoms with Crippen molar-refractivity contribution in [3.05, 3.63) is 23.3 Å². The summed E-state index contributed by atoms with van der Waals surface area (Å²) in [5.74, 6) is 0.681. The Bertz CT molecular complexity index is 201. The van der Waals surface area contributed by atoms with Crippen LogP contribution in [0, 0.1) is 5.92 Å². The summed E-state index contributed by atoms with van der Waals surface area (Å²) < 4.78 is 0. The van der Waals surface area contributed by atoms with Crippen molar-refractivity contribution in [2.75, 3.05) is 6.61 Å². The SMILES string of the molecule is CC1=CC[C@@H](/C(C)=C\CO)CC1. The van der Waals surface area contributed by atoms with Crippen molar-refractivity contribution < 1.29 is 5.11 Å². The van der Waals surface area contributed by atoms with Crippen LogP contribution in [0.1, 0.15) is 33.1 Å². The lowest BCUT2D eigenvalue weighted by Crippen LogP contribution is -2.06. The summed E-state index contributed by atoms with van der Waals surface area (Å²) in [5.41, 5.74) is 2.87. The van der Waals surface area contributed by atoms with Crippen LogP contribution in [0.4, 0.5) is 0 Å². The van der Waals surface area contributed by atoms with Gasteiger partial charge in [-0.25, -0.2) is 0 Å². The second kappa shape index (κ2) is 4.46. The van der Waals surface area contributed by atoms with Crippen molar-refractivity contribution in [3.63, 3.8) is 0 Å². The monoisotopic (exact) mass is 166 g/mol. The molecule has 0 heterocycles. The fourth-order valence-corrected chi connectivity index (χ4v) is 1.69. The molecule has 0 amide bonds. The van der Waals surface area contributed by atoms with Crippen LogP contribution in [0.5, 0.6) is 0 Å². The van der Waals surface area contributed by atoms with Crippen molar-refractivity contribution in [1.29, 1.82) is 0 Å². The summed E-state index contributed by atoms with van der Waals surface area (Å²) in [6, 6.07) is 0. The van der Waals surface area contributed by atoms with Crippen molar-refractivity contribution in [2.45, 2.75) is 33.1 Å². The molecule has 0 aromatic rings. The van der Waals surface area contributed by atoms with Gasteiger partial charge in [0.2, 0.25) is 0 Å². The molecule has 1 N–H and O–H groups in total. The Morgan fingerprint density at radius 2 is 2.50 bits per heavy atom. The third-order valence-electron chi connectivity index (χ3n) is 2.70. The second-order valence-corrected chi connectivity index (χ2v) is 3.65. The standard InChI is InChI=1S/C11H18O/c1-9-3-5-11(6-4-9)10(2)7-8-12/h3,7,11-12H,4-6,8H2,1-2H3/b10-7-/t11-/m1/s1. The van der Waals surface area contributed by atoms with E-state index in [1.54, 1.807) is 0 Å². The Kier molecular flexibility index (Phi) is 3.54. The molecule has 1 atom stereocenters. The summed E-state index contributed by atoms with van der Waals surface area (Å²) in [5, 5.41) is 8.73. The summed E-state index contributed by atoms with van der Waals surface area (Å²) in [6.07, 6.45) is 7.89. The molecule has 12 heavy (non-hydrogen) atoms. The number of rotatable bonds is 2. The zero-order valence-corrected chi connectivity index (χ0v) is 8.01. The summed E-state index contributed by atoms with van der Waals surface area (Å²) in [6.45, 7) is 4.50. The molecule has 0 saturated carbocycles. The van der Waals surface area contributed by atoms with E-state index < -0.39 is 0 Å². The third-order valence-corrected chi connectivity index (χ3v) is 2.70. The van der Waals surface area contributed by atoms with Gasteiger partial charge >= 0.3 is 0 Å². The van der Waals surface area contributed by atoms with Crippen molar-refractivity contribution >= 4 is 0 Å². The van der Waals surface area contributed by atoms with Crippen LogP contribution in [0.15, 0.2) is 23.3 Å². The maximum absolute atomic E-state index is 8.73. The molecule has 0 fully saturated rings. The average Bonchev–Trinajstić information content (AvgIpc) is 2.06. The average molecular weight is 166 g/mol. The van der Waals surface area contributed by atoms with Gasteiger partial charge in [0.05, 0.1) is 6.61 Å². The first-order chi connectivity index (χ1) is 5.74. The molecule has 1 nitrogen and oxygen atoms in total. The first kappa shape index (κ1) is 9.53. The van der Waals surface area contributed by atoms with Gasteiger partial charge in [-0.1, -0.05) is 23.3 Å². The lowest BCUT2D eigenvalue weighted by Gasteiger charge is -2.20. The van der Waals surface area contributed by atoms with Crippen molar-refractivity contribution in [1.82, 2.24) is 0 Å². The van der Waals surface area contributed by atoms with Gasteiger partial charge in [0.25, 0.3) is 0 Å². The molecule has 1 aliphatic rings. The molecule has 0 bridgehead atoms. The van der Waals surface area contributed by atoms with E-state index in [9.17, 15) is 0 Å². The van der Waals surface area contributed by atoms with Crippen molar-refractivity contribution in [3.8, 4) is 0 Å². The zero-order chi connectivity index (χ0) is 8.97. The normalized spacial score (nSPS) is 25.4. The smallest absolute Gasteiger partial charge is 0.0615 e. The highest BCUT2D eigenvalue weighted by atomic mass is 16.2. The number of hydrogen-bond donors (Lipinski definition) is 1. The molecule has 1 heteroatoms. The minimum atomic E-state index is 0.186. The fraction of sp³-hybridized carbons (Fsp3) is 0.636. The predicted octanol–water partition coefficient (Wildman–Crippen LogP) is 2.67. The summed E-state index contributed by atoms with van der Waals surface area (Å²) in [7, 11) is 0. The Hall–Kier alpha value is -0.560. The van der Waals surface area contributed by atoms with E-state index in [-0.39, 0.29) is 6.61 Å². The van der Waals surface area contributed by atoms with Crippen LogP contribution < -0.4 is 0 Å². The predicted molar refractivity (Wildman–Crippen MR) is 51.9 cm³/mol. The minimum absolute atomic E-state index is 0.186. The maximum Gasteiger partial charge on any atom is 0.0615 e. The molecule has 0 spiro atoms. The molecule has 0 radical (unpaired) electrons. The highest BCUT2D eigenvalue weighted by molar-refractivity contribution is 5.12. The van der Waals surface area contributed by atoms with Crippen LogP contribution in [0.3, 0.4) is 0 Å². The van der Waals surface area contributed by atoms with Gasteiger partial charge in [-0.3, -0.25) is 0 Å². The Morgan fingerprint density at radius 1 is 1.75 bits per heavy atom. The summed E-state index contributed by atoms with van der Waals surface area (Å²) in [4.78, 5) is 0. The van der Waals surface area contributed by atoms with Crippen molar-refractivity contribution in [2.24, 2.45) is 5.92 Å². The van der Waals surface area contributed by atoms with E-state index in [0.29, 0.717) is 5.92 Å².